The quantitative estimate of drug-likeness (QED) is 0.741. The van der Waals surface area contributed by atoms with E-state index in [2.05, 4.69) is 12.1 Å². The van der Waals surface area contributed by atoms with Gasteiger partial charge in [0.2, 0.25) is 0 Å². The van der Waals surface area contributed by atoms with Crippen LogP contribution in [0.4, 0.5) is 4.39 Å². The first kappa shape index (κ1) is 10.2. The molecule has 0 spiro atoms. The predicted octanol–water partition coefficient (Wildman–Crippen LogP) is 2.31. The van der Waals surface area contributed by atoms with Gasteiger partial charge in [-0.3, -0.25) is 0 Å². The van der Waals surface area contributed by atoms with Crippen molar-refractivity contribution in [2.45, 2.75) is 25.4 Å². The van der Waals surface area contributed by atoms with Gasteiger partial charge in [0.05, 0.1) is 0 Å². The number of benzene rings is 1. The van der Waals surface area contributed by atoms with Crippen LogP contribution in [0.2, 0.25) is 0 Å². The van der Waals surface area contributed by atoms with Crippen LogP contribution >= 0.6 is 0 Å². The standard InChI is InChI=1S/C11H16FN/c12-11(9-13)8-4-7-10-5-2-1-3-6-10/h1-3,5-6,11H,4,7-9,13H2. The summed E-state index contributed by atoms with van der Waals surface area (Å²) in [4.78, 5) is 0. The van der Waals surface area contributed by atoms with Gasteiger partial charge < -0.3 is 5.73 Å². The molecular weight excluding hydrogens is 165 g/mol. The second kappa shape index (κ2) is 5.70. The van der Waals surface area contributed by atoms with Crippen LogP contribution in [0.1, 0.15) is 18.4 Å². The average molecular weight is 181 g/mol. The molecule has 1 rings (SSSR count). The second-order valence-electron chi connectivity index (χ2n) is 3.21. The fourth-order valence-corrected chi connectivity index (χ4v) is 1.29. The van der Waals surface area contributed by atoms with Crippen LogP contribution in [0.5, 0.6) is 0 Å². The molecule has 0 amide bonds. The minimum absolute atomic E-state index is 0.148. The van der Waals surface area contributed by atoms with Crippen LogP contribution < -0.4 is 5.73 Å². The van der Waals surface area contributed by atoms with Crippen molar-refractivity contribution in [1.82, 2.24) is 0 Å². The molecular formula is C11H16FN. The monoisotopic (exact) mass is 181 g/mol. The summed E-state index contributed by atoms with van der Waals surface area (Å²) >= 11 is 0. The summed E-state index contributed by atoms with van der Waals surface area (Å²) in [6.45, 7) is 0.148. The van der Waals surface area contributed by atoms with Crippen LogP contribution in [0.15, 0.2) is 30.3 Å². The molecule has 1 nitrogen and oxygen atoms in total. The molecule has 0 saturated heterocycles. The zero-order valence-electron chi connectivity index (χ0n) is 7.75. The smallest absolute Gasteiger partial charge is 0.112 e. The first-order valence-corrected chi connectivity index (χ1v) is 4.71. The Kier molecular flexibility index (Phi) is 4.47. The summed E-state index contributed by atoms with van der Waals surface area (Å²) in [6.07, 6.45) is 1.57. The van der Waals surface area contributed by atoms with E-state index in [-0.39, 0.29) is 6.54 Å². The minimum Gasteiger partial charge on any atom is -0.328 e. The van der Waals surface area contributed by atoms with Gasteiger partial charge in [-0.05, 0) is 24.8 Å². The molecule has 2 N–H and O–H groups in total. The number of nitrogens with two attached hydrogens (primary N) is 1. The Morgan fingerprint density at radius 1 is 1.23 bits per heavy atom. The lowest BCUT2D eigenvalue weighted by atomic mass is 10.1. The minimum atomic E-state index is -0.830. The number of hydrogen-bond donors (Lipinski definition) is 1. The Balaban J connectivity index is 2.20. The Bertz CT molecular complexity index is 223. The van der Waals surface area contributed by atoms with E-state index in [1.807, 2.05) is 18.2 Å². The zero-order chi connectivity index (χ0) is 9.52. The molecule has 0 fully saturated rings. The fraction of sp³-hybridized carbons (Fsp3) is 0.455. The highest BCUT2D eigenvalue weighted by Gasteiger charge is 2.02. The molecule has 1 aromatic rings. The summed E-state index contributed by atoms with van der Waals surface area (Å²) in [6, 6.07) is 10.1. The summed E-state index contributed by atoms with van der Waals surface area (Å²) in [7, 11) is 0. The molecule has 0 saturated carbocycles. The third kappa shape index (κ3) is 4.04. The largest absolute Gasteiger partial charge is 0.328 e. The molecule has 13 heavy (non-hydrogen) atoms. The van der Waals surface area contributed by atoms with Crippen molar-refractivity contribution in [3.05, 3.63) is 35.9 Å². The van der Waals surface area contributed by atoms with Gasteiger partial charge in [-0.15, -0.1) is 0 Å². The van der Waals surface area contributed by atoms with Crippen LogP contribution in [-0.2, 0) is 6.42 Å². The molecule has 0 aliphatic heterocycles. The van der Waals surface area contributed by atoms with Gasteiger partial charge in [-0.2, -0.15) is 0 Å². The van der Waals surface area contributed by atoms with E-state index in [9.17, 15) is 4.39 Å². The molecule has 0 aliphatic carbocycles. The third-order valence-electron chi connectivity index (χ3n) is 2.08. The first-order valence-electron chi connectivity index (χ1n) is 4.71. The van der Waals surface area contributed by atoms with Gasteiger partial charge in [0, 0.05) is 6.54 Å². The Morgan fingerprint density at radius 3 is 2.54 bits per heavy atom. The second-order valence-corrected chi connectivity index (χ2v) is 3.21. The molecule has 0 heterocycles. The molecule has 1 unspecified atom stereocenters. The third-order valence-corrected chi connectivity index (χ3v) is 2.08. The maximum Gasteiger partial charge on any atom is 0.112 e. The number of rotatable bonds is 5. The SMILES string of the molecule is NCC(F)CCCc1ccccc1. The highest BCUT2D eigenvalue weighted by atomic mass is 19.1. The van der Waals surface area contributed by atoms with E-state index in [1.54, 1.807) is 0 Å². The van der Waals surface area contributed by atoms with Crippen molar-refractivity contribution in [1.29, 1.82) is 0 Å². The molecule has 1 aromatic carbocycles. The number of halogens is 1. The normalized spacial score (nSPS) is 12.8. The van der Waals surface area contributed by atoms with Gasteiger partial charge in [0.25, 0.3) is 0 Å². The van der Waals surface area contributed by atoms with Crippen molar-refractivity contribution in [3.63, 3.8) is 0 Å². The Morgan fingerprint density at radius 2 is 1.92 bits per heavy atom. The van der Waals surface area contributed by atoms with Gasteiger partial charge >= 0.3 is 0 Å². The highest BCUT2D eigenvalue weighted by Crippen LogP contribution is 2.07. The fourth-order valence-electron chi connectivity index (χ4n) is 1.29. The summed E-state index contributed by atoms with van der Waals surface area (Å²) in [5.74, 6) is 0. The van der Waals surface area contributed by atoms with Crippen LogP contribution in [0.3, 0.4) is 0 Å². The van der Waals surface area contributed by atoms with Crippen LogP contribution in [0.25, 0.3) is 0 Å². The van der Waals surface area contributed by atoms with Crippen molar-refractivity contribution >= 4 is 0 Å². The van der Waals surface area contributed by atoms with Crippen molar-refractivity contribution in [3.8, 4) is 0 Å². The van der Waals surface area contributed by atoms with E-state index >= 15 is 0 Å². The van der Waals surface area contributed by atoms with E-state index in [0.29, 0.717) is 6.42 Å². The lowest BCUT2D eigenvalue weighted by molar-refractivity contribution is 0.316. The topological polar surface area (TPSA) is 26.0 Å². The molecule has 0 aromatic heterocycles. The van der Waals surface area contributed by atoms with Crippen molar-refractivity contribution < 1.29 is 4.39 Å². The van der Waals surface area contributed by atoms with E-state index in [4.69, 9.17) is 5.73 Å². The Hall–Kier alpha value is -0.890. The maximum atomic E-state index is 12.7. The van der Waals surface area contributed by atoms with Gasteiger partial charge in [0.1, 0.15) is 6.17 Å². The van der Waals surface area contributed by atoms with E-state index in [1.165, 1.54) is 5.56 Å². The average Bonchev–Trinajstić information content (AvgIpc) is 2.19. The molecule has 1 atom stereocenters. The van der Waals surface area contributed by atoms with Gasteiger partial charge in [0.15, 0.2) is 0 Å². The summed E-state index contributed by atoms with van der Waals surface area (Å²) in [5, 5.41) is 0. The van der Waals surface area contributed by atoms with Gasteiger partial charge in [-0.25, -0.2) is 4.39 Å². The van der Waals surface area contributed by atoms with Crippen LogP contribution in [-0.4, -0.2) is 12.7 Å². The number of hydrogen-bond acceptors (Lipinski definition) is 1. The predicted molar refractivity (Wildman–Crippen MR) is 53.3 cm³/mol. The lowest BCUT2D eigenvalue weighted by Gasteiger charge is -2.04. The van der Waals surface area contributed by atoms with E-state index in [0.717, 1.165) is 12.8 Å². The number of alkyl halides is 1. The van der Waals surface area contributed by atoms with Gasteiger partial charge in [-0.1, -0.05) is 30.3 Å². The molecule has 0 radical (unpaired) electrons. The first-order chi connectivity index (χ1) is 6.33. The lowest BCUT2D eigenvalue weighted by Crippen LogP contribution is -2.14. The summed E-state index contributed by atoms with van der Waals surface area (Å²) in [5.41, 5.74) is 6.45. The summed E-state index contributed by atoms with van der Waals surface area (Å²) < 4.78 is 12.7. The molecule has 72 valence electrons. The van der Waals surface area contributed by atoms with Crippen LogP contribution in [0, 0.1) is 0 Å². The molecule has 2 heteroatoms. The zero-order valence-corrected chi connectivity index (χ0v) is 7.75. The van der Waals surface area contributed by atoms with E-state index < -0.39 is 6.17 Å². The Labute approximate surface area is 78.8 Å². The van der Waals surface area contributed by atoms with Crippen molar-refractivity contribution in [2.75, 3.05) is 6.54 Å². The molecule has 0 bridgehead atoms. The highest BCUT2D eigenvalue weighted by molar-refractivity contribution is 5.14. The maximum absolute atomic E-state index is 12.7. The molecule has 0 aliphatic rings. The van der Waals surface area contributed by atoms with Crippen molar-refractivity contribution in [2.24, 2.45) is 5.73 Å². The number of aryl methyl sites for hydroxylation is 1.